The van der Waals surface area contributed by atoms with Gasteiger partial charge in [0.15, 0.2) is 0 Å². The maximum absolute atomic E-state index is 11.9. The van der Waals surface area contributed by atoms with E-state index in [0.29, 0.717) is 19.4 Å². The highest BCUT2D eigenvalue weighted by Crippen LogP contribution is 2.16. The Balaban J connectivity index is 4.12. The van der Waals surface area contributed by atoms with Crippen LogP contribution in [0.25, 0.3) is 0 Å². The number of hydrogen-bond acceptors (Lipinski definition) is 2. The molecule has 2 nitrogen and oxygen atoms in total. The van der Waals surface area contributed by atoms with Crippen LogP contribution >= 0.6 is 0 Å². The first-order chi connectivity index (χ1) is 8.69. The van der Waals surface area contributed by atoms with Gasteiger partial charge >= 0.3 is 5.97 Å². The van der Waals surface area contributed by atoms with Gasteiger partial charge in [-0.15, -0.1) is 24.7 Å². The van der Waals surface area contributed by atoms with E-state index in [1.165, 1.54) is 0 Å². The number of carbonyl (C=O) groups excluding carboxylic acids is 1. The molecule has 1 unspecified atom stereocenters. The molecule has 0 aromatic carbocycles. The second-order valence-electron chi connectivity index (χ2n) is 4.56. The second kappa shape index (κ2) is 10.7. The van der Waals surface area contributed by atoms with Crippen molar-refractivity contribution in [3.8, 4) is 24.7 Å². The smallest absolute Gasteiger partial charge is 0.308 e. The molecule has 0 radical (unpaired) electrons. The van der Waals surface area contributed by atoms with E-state index in [2.05, 4.69) is 18.8 Å². The summed E-state index contributed by atoms with van der Waals surface area (Å²) in [5, 5.41) is 0. The predicted octanol–water partition coefficient (Wildman–Crippen LogP) is 3.41. The van der Waals surface area contributed by atoms with Gasteiger partial charge in [0.2, 0.25) is 0 Å². The lowest BCUT2D eigenvalue weighted by molar-refractivity contribution is -0.150. The van der Waals surface area contributed by atoms with E-state index in [1.807, 2.05) is 6.92 Å². The topological polar surface area (TPSA) is 26.3 Å². The van der Waals surface area contributed by atoms with E-state index in [1.54, 1.807) is 0 Å². The van der Waals surface area contributed by atoms with Gasteiger partial charge in [-0.2, -0.15) is 0 Å². The molecule has 0 rings (SSSR count). The summed E-state index contributed by atoms with van der Waals surface area (Å²) in [6.45, 7) is 4.48. The molecular weight excluding hydrogens is 224 g/mol. The zero-order valence-corrected chi connectivity index (χ0v) is 11.6. The summed E-state index contributed by atoms with van der Waals surface area (Å²) >= 11 is 0. The maximum Gasteiger partial charge on any atom is 0.308 e. The molecule has 0 spiro atoms. The summed E-state index contributed by atoms with van der Waals surface area (Å²) in [5.74, 6) is 5.13. The van der Waals surface area contributed by atoms with E-state index in [-0.39, 0.29) is 17.8 Å². The van der Waals surface area contributed by atoms with Crippen molar-refractivity contribution in [1.82, 2.24) is 0 Å². The Hall–Kier alpha value is -1.41. The van der Waals surface area contributed by atoms with Crippen LogP contribution in [-0.2, 0) is 9.53 Å². The largest absolute Gasteiger partial charge is 0.465 e. The molecule has 0 aliphatic heterocycles. The normalized spacial score (nSPS) is 11.6. The van der Waals surface area contributed by atoms with Crippen molar-refractivity contribution >= 4 is 5.97 Å². The molecule has 0 amide bonds. The first-order valence-corrected chi connectivity index (χ1v) is 6.73. The lowest BCUT2D eigenvalue weighted by Crippen LogP contribution is -2.21. The molecule has 0 saturated carbocycles. The molecule has 0 heterocycles. The minimum atomic E-state index is -0.106. The number of hydrogen-bond donors (Lipinski definition) is 0. The lowest BCUT2D eigenvalue weighted by atomic mass is 9.99. The van der Waals surface area contributed by atoms with Gasteiger partial charge in [-0.25, -0.2) is 0 Å². The van der Waals surface area contributed by atoms with Gasteiger partial charge in [0.1, 0.15) is 0 Å². The fourth-order valence-corrected chi connectivity index (χ4v) is 1.78. The van der Waals surface area contributed by atoms with Gasteiger partial charge < -0.3 is 4.74 Å². The van der Waals surface area contributed by atoms with E-state index in [9.17, 15) is 4.79 Å². The summed E-state index contributed by atoms with van der Waals surface area (Å²) in [6.07, 6.45) is 15.5. The van der Waals surface area contributed by atoms with Crippen LogP contribution in [0.4, 0.5) is 0 Å². The molecule has 18 heavy (non-hydrogen) atoms. The van der Waals surface area contributed by atoms with Crippen LogP contribution in [0.2, 0.25) is 0 Å². The fraction of sp³-hybridized carbons (Fsp3) is 0.688. The van der Waals surface area contributed by atoms with Gasteiger partial charge in [0, 0.05) is 18.8 Å². The van der Waals surface area contributed by atoms with E-state index in [0.717, 1.165) is 25.7 Å². The zero-order chi connectivity index (χ0) is 13.8. The van der Waals surface area contributed by atoms with Crippen molar-refractivity contribution in [3.05, 3.63) is 0 Å². The van der Waals surface area contributed by atoms with Crippen LogP contribution in [0.15, 0.2) is 0 Å². The molecule has 0 saturated heterocycles. The standard InChI is InChI=1S/C16H24O2/c1-5-9-12-15(8-4)16(17)18-13-14(10-6-2)11-7-3/h2-3,14-15H,5,8-13H2,1,4H3. The molecule has 0 aromatic heterocycles. The molecule has 1 atom stereocenters. The molecule has 0 N–H and O–H groups in total. The van der Waals surface area contributed by atoms with Gasteiger partial charge in [-0.1, -0.05) is 26.7 Å². The summed E-state index contributed by atoms with van der Waals surface area (Å²) in [4.78, 5) is 11.9. The summed E-state index contributed by atoms with van der Waals surface area (Å²) in [7, 11) is 0. The monoisotopic (exact) mass is 248 g/mol. The predicted molar refractivity (Wildman–Crippen MR) is 74.7 cm³/mol. The van der Waals surface area contributed by atoms with Crippen LogP contribution in [0.3, 0.4) is 0 Å². The first-order valence-electron chi connectivity index (χ1n) is 6.73. The van der Waals surface area contributed by atoms with Crippen LogP contribution in [0.1, 0.15) is 52.4 Å². The first kappa shape index (κ1) is 16.6. The summed E-state index contributed by atoms with van der Waals surface area (Å²) in [6, 6.07) is 0. The van der Waals surface area contributed by atoms with E-state index in [4.69, 9.17) is 17.6 Å². The Bertz CT molecular complexity index is 290. The number of ether oxygens (including phenoxy) is 1. The third-order valence-corrected chi connectivity index (χ3v) is 3.01. The average molecular weight is 248 g/mol. The highest BCUT2D eigenvalue weighted by Gasteiger charge is 2.18. The van der Waals surface area contributed by atoms with Crippen LogP contribution in [-0.4, -0.2) is 12.6 Å². The van der Waals surface area contributed by atoms with Crippen molar-refractivity contribution < 1.29 is 9.53 Å². The minimum absolute atomic E-state index is 0.0160. The van der Waals surface area contributed by atoms with Gasteiger partial charge in [0.05, 0.1) is 12.5 Å². The zero-order valence-electron chi connectivity index (χ0n) is 11.6. The van der Waals surface area contributed by atoms with Crippen molar-refractivity contribution in [3.63, 3.8) is 0 Å². The molecule has 0 bridgehead atoms. The Morgan fingerprint density at radius 3 is 2.28 bits per heavy atom. The number of terminal acetylenes is 2. The van der Waals surface area contributed by atoms with Crippen molar-refractivity contribution in [1.29, 1.82) is 0 Å². The number of unbranched alkanes of at least 4 members (excludes halogenated alkanes) is 1. The highest BCUT2D eigenvalue weighted by molar-refractivity contribution is 5.72. The number of esters is 1. The fourth-order valence-electron chi connectivity index (χ4n) is 1.78. The molecule has 2 heteroatoms. The number of carbonyl (C=O) groups is 1. The number of rotatable bonds is 9. The summed E-state index contributed by atoms with van der Waals surface area (Å²) in [5.41, 5.74) is 0. The Labute approximate surface area is 111 Å². The molecular formula is C16H24O2. The van der Waals surface area contributed by atoms with Crippen LogP contribution in [0, 0.1) is 36.5 Å². The third kappa shape index (κ3) is 7.02. The van der Waals surface area contributed by atoms with Crippen molar-refractivity contribution in [2.24, 2.45) is 11.8 Å². The Kier molecular flexibility index (Phi) is 9.89. The van der Waals surface area contributed by atoms with Gasteiger partial charge in [-0.05, 0) is 12.8 Å². The summed E-state index contributed by atoms with van der Waals surface area (Å²) < 4.78 is 5.33. The second-order valence-corrected chi connectivity index (χ2v) is 4.56. The van der Waals surface area contributed by atoms with Crippen molar-refractivity contribution in [2.75, 3.05) is 6.61 Å². The van der Waals surface area contributed by atoms with Crippen molar-refractivity contribution in [2.45, 2.75) is 52.4 Å². The van der Waals surface area contributed by atoms with E-state index < -0.39 is 0 Å². The van der Waals surface area contributed by atoms with Gasteiger partial charge in [-0.3, -0.25) is 4.79 Å². The van der Waals surface area contributed by atoms with Crippen LogP contribution in [0.5, 0.6) is 0 Å². The Morgan fingerprint density at radius 1 is 1.22 bits per heavy atom. The van der Waals surface area contributed by atoms with Gasteiger partial charge in [0.25, 0.3) is 0 Å². The molecule has 0 fully saturated rings. The van der Waals surface area contributed by atoms with E-state index >= 15 is 0 Å². The molecule has 0 aromatic rings. The Morgan fingerprint density at radius 2 is 1.83 bits per heavy atom. The minimum Gasteiger partial charge on any atom is -0.465 e. The lowest BCUT2D eigenvalue weighted by Gasteiger charge is -2.16. The quantitative estimate of drug-likeness (QED) is 0.462. The maximum atomic E-state index is 11.9. The molecule has 0 aliphatic carbocycles. The average Bonchev–Trinajstić information content (AvgIpc) is 2.37. The highest BCUT2D eigenvalue weighted by atomic mass is 16.5. The van der Waals surface area contributed by atoms with Crippen LogP contribution < -0.4 is 0 Å². The third-order valence-electron chi connectivity index (χ3n) is 3.01. The molecule has 100 valence electrons. The molecule has 0 aliphatic rings. The SMILES string of the molecule is C#CCC(CC#C)COC(=O)C(CC)CCCC.